The predicted molar refractivity (Wildman–Crippen MR) is 141 cm³/mol. The number of benzene rings is 4. The van der Waals surface area contributed by atoms with Gasteiger partial charge in [-0.3, -0.25) is 4.79 Å². The number of amides is 1. The fraction of sp³-hybridized carbons (Fsp3) is 0.161. The Bertz CT molecular complexity index is 1310. The highest BCUT2D eigenvalue weighted by Gasteiger charge is 2.22. The van der Waals surface area contributed by atoms with E-state index in [9.17, 15) is 9.59 Å². The number of nitrogens with one attached hydrogen (secondary N) is 1. The largest absolute Gasteiger partial charge is 0.489 e. The summed E-state index contributed by atoms with van der Waals surface area (Å²) in [6.45, 7) is 0.797. The molecule has 4 rings (SSSR count). The molecular formula is C31H29NO5. The molecule has 6 heteroatoms. The average molecular weight is 496 g/mol. The van der Waals surface area contributed by atoms with E-state index in [2.05, 4.69) is 5.32 Å². The van der Waals surface area contributed by atoms with Crippen molar-refractivity contribution in [2.45, 2.75) is 25.7 Å². The summed E-state index contributed by atoms with van der Waals surface area (Å²) in [7, 11) is 1.31. The summed E-state index contributed by atoms with van der Waals surface area (Å²) in [5.74, 6) is 0.415. The lowest BCUT2D eigenvalue weighted by atomic mass is 10.1. The van der Waals surface area contributed by atoms with Crippen LogP contribution in [0.1, 0.15) is 27.0 Å². The minimum Gasteiger partial charge on any atom is -0.489 e. The van der Waals surface area contributed by atoms with Gasteiger partial charge in [-0.05, 0) is 47.0 Å². The third-order valence-electron chi connectivity index (χ3n) is 5.72. The summed E-state index contributed by atoms with van der Waals surface area (Å²) >= 11 is 0. The highest BCUT2D eigenvalue weighted by atomic mass is 16.5. The molecule has 1 atom stereocenters. The highest BCUT2D eigenvalue weighted by molar-refractivity contribution is 5.97. The quantitative estimate of drug-likeness (QED) is 0.284. The monoisotopic (exact) mass is 495 g/mol. The van der Waals surface area contributed by atoms with Crippen molar-refractivity contribution >= 4 is 11.9 Å². The fourth-order valence-corrected chi connectivity index (χ4v) is 3.79. The molecule has 188 valence electrons. The number of ether oxygens (including phenoxy) is 3. The Morgan fingerprint density at radius 2 is 1.24 bits per heavy atom. The van der Waals surface area contributed by atoms with Crippen LogP contribution in [-0.4, -0.2) is 25.0 Å². The standard InChI is InChI=1S/C31H29NO5/c1-35-31(34)29(19-23-10-4-2-5-11-23)32-30(33)26-15-9-17-28(20-26)37-22-25-14-8-16-27(18-25)36-21-24-12-6-3-7-13-24/h2-18,20,29H,19,21-22H2,1H3,(H,32,33). The summed E-state index contributed by atoms with van der Waals surface area (Å²) in [6, 6.07) is 33.2. The van der Waals surface area contributed by atoms with Crippen molar-refractivity contribution in [1.29, 1.82) is 0 Å². The highest BCUT2D eigenvalue weighted by Crippen LogP contribution is 2.19. The smallest absolute Gasteiger partial charge is 0.328 e. The molecule has 0 radical (unpaired) electrons. The molecule has 0 heterocycles. The zero-order valence-electron chi connectivity index (χ0n) is 20.6. The third kappa shape index (κ3) is 7.70. The van der Waals surface area contributed by atoms with E-state index in [0.717, 1.165) is 22.4 Å². The molecule has 0 spiro atoms. The van der Waals surface area contributed by atoms with E-state index in [0.29, 0.717) is 30.9 Å². The number of carbonyl (C=O) groups excluding carboxylic acids is 2. The van der Waals surface area contributed by atoms with E-state index >= 15 is 0 Å². The summed E-state index contributed by atoms with van der Waals surface area (Å²) in [4.78, 5) is 25.2. The van der Waals surface area contributed by atoms with Crippen LogP contribution in [0, 0.1) is 0 Å². The van der Waals surface area contributed by atoms with Gasteiger partial charge in [0, 0.05) is 12.0 Å². The van der Waals surface area contributed by atoms with Crippen LogP contribution in [0.5, 0.6) is 11.5 Å². The van der Waals surface area contributed by atoms with Gasteiger partial charge in [0.1, 0.15) is 30.8 Å². The van der Waals surface area contributed by atoms with Crippen LogP contribution in [0.15, 0.2) is 109 Å². The maximum absolute atomic E-state index is 12.9. The molecule has 1 unspecified atom stereocenters. The van der Waals surface area contributed by atoms with Crippen molar-refractivity contribution in [3.8, 4) is 11.5 Å². The second-order valence-corrected chi connectivity index (χ2v) is 8.48. The summed E-state index contributed by atoms with van der Waals surface area (Å²) in [5, 5.41) is 2.78. The molecule has 6 nitrogen and oxygen atoms in total. The number of carbonyl (C=O) groups is 2. The van der Waals surface area contributed by atoms with Gasteiger partial charge in [0.15, 0.2) is 0 Å². The van der Waals surface area contributed by atoms with Gasteiger partial charge in [-0.15, -0.1) is 0 Å². The maximum atomic E-state index is 12.9. The van der Waals surface area contributed by atoms with E-state index in [1.807, 2.05) is 84.9 Å². The molecule has 0 aliphatic carbocycles. The van der Waals surface area contributed by atoms with Gasteiger partial charge in [0.2, 0.25) is 0 Å². The number of hydrogen-bond acceptors (Lipinski definition) is 5. The lowest BCUT2D eigenvalue weighted by Crippen LogP contribution is -2.43. The summed E-state index contributed by atoms with van der Waals surface area (Å²) in [5.41, 5.74) is 3.34. The molecule has 1 N–H and O–H groups in total. The second kappa shape index (κ2) is 12.9. The first-order valence-electron chi connectivity index (χ1n) is 12.0. The fourth-order valence-electron chi connectivity index (χ4n) is 3.79. The van der Waals surface area contributed by atoms with Gasteiger partial charge in [0.05, 0.1) is 7.11 Å². The number of methoxy groups -OCH3 is 1. The van der Waals surface area contributed by atoms with Crippen LogP contribution >= 0.6 is 0 Å². The maximum Gasteiger partial charge on any atom is 0.328 e. The molecule has 0 aromatic heterocycles. The lowest BCUT2D eigenvalue weighted by Gasteiger charge is -2.17. The minimum absolute atomic E-state index is 0.312. The molecule has 4 aromatic carbocycles. The van der Waals surface area contributed by atoms with E-state index in [1.54, 1.807) is 24.3 Å². The number of hydrogen-bond donors (Lipinski definition) is 1. The second-order valence-electron chi connectivity index (χ2n) is 8.48. The van der Waals surface area contributed by atoms with E-state index < -0.39 is 12.0 Å². The Labute approximate surface area is 216 Å². The number of rotatable bonds is 11. The van der Waals surface area contributed by atoms with E-state index in [1.165, 1.54) is 7.11 Å². The van der Waals surface area contributed by atoms with Crippen LogP contribution in [0.25, 0.3) is 0 Å². The molecule has 0 saturated carbocycles. The Morgan fingerprint density at radius 1 is 0.676 bits per heavy atom. The molecule has 4 aromatic rings. The van der Waals surface area contributed by atoms with Crippen molar-refractivity contribution in [3.63, 3.8) is 0 Å². The lowest BCUT2D eigenvalue weighted by molar-refractivity contribution is -0.142. The molecule has 37 heavy (non-hydrogen) atoms. The Balaban J connectivity index is 1.36. The zero-order valence-corrected chi connectivity index (χ0v) is 20.6. The van der Waals surface area contributed by atoms with Gasteiger partial charge < -0.3 is 19.5 Å². The third-order valence-corrected chi connectivity index (χ3v) is 5.72. The van der Waals surface area contributed by atoms with Crippen LogP contribution < -0.4 is 14.8 Å². The van der Waals surface area contributed by atoms with Crippen molar-refractivity contribution in [3.05, 3.63) is 131 Å². The Morgan fingerprint density at radius 3 is 1.92 bits per heavy atom. The summed E-state index contributed by atoms with van der Waals surface area (Å²) < 4.78 is 16.7. The molecule has 0 aliphatic rings. The van der Waals surface area contributed by atoms with Crippen LogP contribution in [0.4, 0.5) is 0 Å². The van der Waals surface area contributed by atoms with Crippen molar-refractivity contribution in [2.75, 3.05) is 7.11 Å². The van der Waals surface area contributed by atoms with Crippen LogP contribution in [-0.2, 0) is 29.2 Å². The minimum atomic E-state index is -0.803. The SMILES string of the molecule is COC(=O)C(Cc1ccccc1)NC(=O)c1cccc(OCc2cccc(OCc3ccccc3)c2)c1. The molecule has 1 amide bonds. The van der Waals surface area contributed by atoms with Crippen molar-refractivity contribution in [1.82, 2.24) is 5.32 Å². The molecule has 0 fully saturated rings. The van der Waals surface area contributed by atoms with Crippen LogP contribution in [0.2, 0.25) is 0 Å². The Hall–Kier alpha value is -4.58. The first kappa shape index (κ1) is 25.5. The Kier molecular flexibility index (Phi) is 8.92. The van der Waals surface area contributed by atoms with Gasteiger partial charge in [-0.25, -0.2) is 4.79 Å². The predicted octanol–water partition coefficient (Wildman–Crippen LogP) is 5.36. The van der Waals surface area contributed by atoms with Crippen molar-refractivity contribution < 1.29 is 23.8 Å². The van der Waals surface area contributed by atoms with Gasteiger partial charge >= 0.3 is 5.97 Å². The summed E-state index contributed by atoms with van der Waals surface area (Å²) in [6.07, 6.45) is 0.331. The average Bonchev–Trinajstić information content (AvgIpc) is 2.95. The normalized spacial score (nSPS) is 11.3. The first-order chi connectivity index (χ1) is 18.1. The topological polar surface area (TPSA) is 73.9 Å². The van der Waals surface area contributed by atoms with Gasteiger partial charge in [0.25, 0.3) is 5.91 Å². The molecular weight excluding hydrogens is 466 g/mol. The first-order valence-corrected chi connectivity index (χ1v) is 12.0. The van der Waals surface area contributed by atoms with E-state index in [-0.39, 0.29) is 5.91 Å². The van der Waals surface area contributed by atoms with E-state index in [4.69, 9.17) is 14.2 Å². The van der Waals surface area contributed by atoms with Gasteiger partial charge in [-0.2, -0.15) is 0 Å². The van der Waals surface area contributed by atoms with Gasteiger partial charge in [-0.1, -0.05) is 78.9 Å². The molecule has 0 saturated heterocycles. The molecule has 0 aliphatic heterocycles. The number of esters is 1. The van der Waals surface area contributed by atoms with Crippen molar-refractivity contribution in [2.24, 2.45) is 0 Å². The van der Waals surface area contributed by atoms with Crippen LogP contribution in [0.3, 0.4) is 0 Å². The zero-order chi connectivity index (χ0) is 25.9. The molecule has 0 bridgehead atoms.